The highest BCUT2D eigenvalue weighted by Gasteiger charge is 2.13. The third-order valence-electron chi connectivity index (χ3n) is 3.71. The van der Waals surface area contributed by atoms with Crippen LogP contribution in [-0.2, 0) is 0 Å². The van der Waals surface area contributed by atoms with Gasteiger partial charge in [0.25, 0.3) is 0 Å². The Labute approximate surface area is 129 Å². The molecule has 0 N–H and O–H groups in total. The van der Waals surface area contributed by atoms with Crippen LogP contribution in [0.1, 0.15) is 0 Å². The first-order chi connectivity index (χ1) is 11.4. The van der Waals surface area contributed by atoms with Gasteiger partial charge in [-0.05, 0) is 12.1 Å². The van der Waals surface area contributed by atoms with E-state index in [1.165, 1.54) is 6.33 Å². The Morgan fingerprint density at radius 1 is 0.783 bits per heavy atom. The molecule has 0 saturated heterocycles. The molecule has 1 aromatic carbocycles. The van der Waals surface area contributed by atoms with Gasteiger partial charge in [0, 0.05) is 5.39 Å². The van der Waals surface area contributed by atoms with Crippen LogP contribution in [0, 0.1) is 0 Å². The quantitative estimate of drug-likeness (QED) is 0.472. The molecule has 0 fully saturated rings. The molecule has 5 aromatic rings. The number of fused-ring (bicyclic) bond motifs is 4. The van der Waals surface area contributed by atoms with Crippen molar-refractivity contribution in [2.75, 3.05) is 0 Å². The van der Waals surface area contributed by atoms with Crippen LogP contribution in [-0.4, -0.2) is 24.9 Å². The molecule has 6 nitrogen and oxygen atoms in total. The van der Waals surface area contributed by atoms with Crippen LogP contribution in [0.3, 0.4) is 0 Å². The van der Waals surface area contributed by atoms with Crippen molar-refractivity contribution < 1.29 is 4.42 Å². The SMILES string of the molecule is c1ccc2nc(-c3cnc4c(n3)oc3cncnc34)ccc2c1. The second-order valence-electron chi connectivity index (χ2n) is 5.14. The lowest BCUT2D eigenvalue weighted by atomic mass is 10.2. The first-order valence-electron chi connectivity index (χ1n) is 7.10. The van der Waals surface area contributed by atoms with Crippen molar-refractivity contribution in [1.82, 2.24) is 24.9 Å². The highest BCUT2D eigenvalue weighted by molar-refractivity contribution is 5.98. The third-order valence-corrected chi connectivity index (χ3v) is 3.71. The van der Waals surface area contributed by atoms with Gasteiger partial charge >= 0.3 is 0 Å². The van der Waals surface area contributed by atoms with Crippen molar-refractivity contribution in [2.24, 2.45) is 0 Å². The largest absolute Gasteiger partial charge is 0.433 e. The number of rotatable bonds is 1. The van der Waals surface area contributed by atoms with Gasteiger partial charge in [-0.2, -0.15) is 0 Å². The number of nitrogens with zero attached hydrogens (tertiary/aromatic N) is 5. The molecule has 0 saturated carbocycles. The van der Waals surface area contributed by atoms with E-state index >= 15 is 0 Å². The molecule has 0 aliphatic rings. The van der Waals surface area contributed by atoms with E-state index in [2.05, 4.69) is 24.9 Å². The highest BCUT2D eigenvalue weighted by atomic mass is 16.3. The number of para-hydroxylation sites is 1. The summed E-state index contributed by atoms with van der Waals surface area (Å²) in [4.78, 5) is 21.7. The minimum absolute atomic E-state index is 0.438. The Bertz CT molecular complexity index is 1180. The average molecular weight is 299 g/mol. The second-order valence-corrected chi connectivity index (χ2v) is 5.14. The van der Waals surface area contributed by atoms with Crippen molar-refractivity contribution in [2.45, 2.75) is 0 Å². The van der Waals surface area contributed by atoms with Crippen LogP contribution in [0.5, 0.6) is 0 Å². The fourth-order valence-corrected chi connectivity index (χ4v) is 2.61. The van der Waals surface area contributed by atoms with Crippen molar-refractivity contribution in [3.8, 4) is 11.4 Å². The molecule has 23 heavy (non-hydrogen) atoms. The topological polar surface area (TPSA) is 77.6 Å². The summed E-state index contributed by atoms with van der Waals surface area (Å²) in [5.74, 6) is 0. The summed E-state index contributed by atoms with van der Waals surface area (Å²) >= 11 is 0. The van der Waals surface area contributed by atoms with Crippen LogP contribution in [0.15, 0.2) is 59.5 Å². The summed E-state index contributed by atoms with van der Waals surface area (Å²) in [6, 6.07) is 11.9. The van der Waals surface area contributed by atoms with Crippen molar-refractivity contribution in [3.05, 3.63) is 55.1 Å². The van der Waals surface area contributed by atoms with Gasteiger partial charge in [-0.15, -0.1) is 0 Å². The summed E-state index contributed by atoms with van der Waals surface area (Å²) < 4.78 is 5.68. The molecule has 0 atom stereocenters. The van der Waals surface area contributed by atoms with E-state index in [-0.39, 0.29) is 0 Å². The maximum Gasteiger partial charge on any atom is 0.248 e. The van der Waals surface area contributed by atoms with Crippen LogP contribution in [0.2, 0.25) is 0 Å². The molecule has 6 heteroatoms. The molecule has 0 spiro atoms. The number of hydrogen-bond donors (Lipinski definition) is 0. The summed E-state index contributed by atoms with van der Waals surface area (Å²) in [5.41, 5.74) is 4.65. The van der Waals surface area contributed by atoms with Crippen LogP contribution in [0.25, 0.3) is 44.6 Å². The fourth-order valence-electron chi connectivity index (χ4n) is 2.61. The van der Waals surface area contributed by atoms with Crippen LogP contribution >= 0.6 is 0 Å². The Morgan fingerprint density at radius 3 is 2.74 bits per heavy atom. The number of pyridine rings is 1. The van der Waals surface area contributed by atoms with E-state index in [9.17, 15) is 0 Å². The summed E-state index contributed by atoms with van der Waals surface area (Å²) in [6.45, 7) is 0. The summed E-state index contributed by atoms with van der Waals surface area (Å²) in [5, 5.41) is 1.09. The van der Waals surface area contributed by atoms with E-state index in [4.69, 9.17) is 4.42 Å². The molecule has 108 valence electrons. The monoisotopic (exact) mass is 299 g/mol. The predicted molar refractivity (Wildman–Crippen MR) is 85.6 cm³/mol. The van der Waals surface area contributed by atoms with Crippen molar-refractivity contribution >= 4 is 33.2 Å². The van der Waals surface area contributed by atoms with Gasteiger partial charge in [0.05, 0.1) is 23.6 Å². The molecular formula is C17H9N5O. The van der Waals surface area contributed by atoms with Gasteiger partial charge < -0.3 is 4.42 Å². The van der Waals surface area contributed by atoms with E-state index in [0.29, 0.717) is 28.0 Å². The molecule has 0 radical (unpaired) electrons. The van der Waals surface area contributed by atoms with E-state index < -0.39 is 0 Å². The average Bonchev–Trinajstić information content (AvgIpc) is 2.99. The van der Waals surface area contributed by atoms with E-state index in [0.717, 1.165) is 16.6 Å². The Hall–Kier alpha value is -3.41. The lowest BCUT2D eigenvalue weighted by Crippen LogP contribution is -1.90. The van der Waals surface area contributed by atoms with Gasteiger partial charge in [-0.3, -0.25) is 0 Å². The molecular weight excluding hydrogens is 290 g/mol. The van der Waals surface area contributed by atoms with E-state index in [1.807, 2.05) is 36.4 Å². The number of aromatic nitrogens is 5. The predicted octanol–water partition coefficient (Wildman–Crippen LogP) is 3.38. The zero-order chi connectivity index (χ0) is 15.2. The van der Waals surface area contributed by atoms with Gasteiger partial charge in [-0.1, -0.05) is 24.3 Å². The Balaban J connectivity index is 1.73. The first-order valence-corrected chi connectivity index (χ1v) is 7.10. The lowest BCUT2D eigenvalue weighted by Gasteiger charge is -2.01. The summed E-state index contributed by atoms with van der Waals surface area (Å²) in [7, 11) is 0. The molecule has 5 rings (SSSR count). The van der Waals surface area contributed by atoms with Crippen LogP contribution in [0.4, 0.5) is 0 Å². The molecule has 4 heterocycles. The first kappa shape index (κ1) is 12.2. The Morgan fingerprint density at radius 2 is 1.74 bits per heavy atom. The van der Waals surface area contributed by atoms with Gasteiger partial charge in [0.1, 0.15) is 17.5 Å². The van der Waals surface area contributed by atoms with Crippen molar-refractivity contribution in [1.29, 1.82) is 0 Å². The minimum atomic E-state index is 0.438. The standard InChI is InChI=1S/C17H9N5O/c1-2-4-11-10(3-1)5-6-12(21-11)13-7-19-16-15-14(8-18-9-20-15)23-17(16)22-13/h1-9H. The van der Waals surface area contributed by atoms with Gasteiger partial charge in [0.2, 0.25) is 5.71 Å². The zero-order valence-electron chi connectivity index (χ0n) is 11.8. The minimum Gasteiger partial charge on any atom is -0.433 e. The van der Waals surface area contributed by atoms with E-state index in [1.54, 1.807) is 12.4 Å². The molecule has 0 bridgehead atoms. The highest BCUT2D eigenvalue weighted by Crippen LogP contribution is 2.26. The molecule has 4 aromatic heterocycles. The summed E-state index contributed by atoms with van der Waals surface area (Å²) in [6.07, 6.45) is 4.77. The zero-order valence-corrected chi connectivity index (χ0v) is 11.8. The smallest absolute Gasteiger partial charge is 0.248 e. The Kier molecular flexibility index (Phi) is 2.40. The normalized spacial score (nSPS) is 11.5. The van der Waals surface area contributed by atoms with Gasteiger partial charge in [0.15, 0.2) is 11.1 Å². The van der Waals surface area contributed by atoms with Gasteiger partial charge in [-0.25, -0.2) is 24.9 Å². The number of furan rings is 1. The second kappa shape index (κ2) is 4.54. The molecule has 0 amide bonds. The molecule has 0 aliphatic heterocycles. The number of benzene rings is 1. The maximum atomic E-state index is 5.68. The lowest BCUT2D eigenvalue weighted by molar-refractivity contribution is 0.650. The fraction of sp³-hybridized carbons (Fsp3) is 0. The number of hydrogen-bond acceptors (Lipinski definition) is 6. The third kappa shape index (κ3) is 1.85. The maximum absolute atomic E-state index is 5.68. The van der Waals surface area contributed by atoms with Crippen molar-refractivity contribution in [3.63, 3.8) is 0 Å². The molecule has 0 aliphatic carbocycles. The molecule has 0 unspecified atom stereocenters. The van der Waals surface area contributed by atoms with Crippen LogP contribution < -0.4 is 0 Å².